The first-order valence-electron chi connectivity index (χ1n) is 6.47. The van der Waals surface area contributed by atoms with Crippen LogP contribution in [-0.4, -0.2) is 9.97 Å². The molecule has 1 aromatic heterocycles. The Bertz CT molecular complexity index is 836. The molecule has 3 aromatic rings. The van der Waals surface area contributed by atoms with E-state index in [1.54, 1.807) is 6.92 Å². The van der Waals surface area contributed by atoms with Crippen LogP contribution < -0.4 is 11.3 Å². The molecule has 0 aliphatic rings. The number of fused-ring (bicyclic) bond motifs is 1. The van der Waals surface area contributed by atoms with E-state index in [1.165, 1.54) is 0 Å². The summed E-state index contributed by atoms with van der Waals surface area (Å²) in [5.41, 5.74) is 9.47. The quantitative estimate of drug-likeness (QED) is 0.747. The number of hydrogen-bond acceptors (Lipinski definition) is 3. The normalized spacial score (nSPS) is 10.9. The first-order chi connectivity index (χ1) is 9.67. The van der Waals surface area contributed by atoms with Gasteiger partial charge in [0.1, 0.15) is 5.82 Å². The predicted octanol–water partition coefficient (Wildman–Crippen LogP) is 2.36. The van der Waals surface area contributed by atoms with E-state index in [4.69, 9.17) is 5.73 Å². The Hall–Kier alpha value is -2.46. The summed E-state index contributed by atoms with van der Waals surface area (Å²) < 4.78 is 0. The molecular weight excluding hydrogens is 250 g/mol. The summed E-state index contributed by atoms with van der Waals surface area (Å²) in [4.78, 5) is 18.9. The van der Waals surface area contributed by atoms with Crippen LogP contribution in [0.15, 0.2) is 47.3 Å². The number of nitrogens with one attached hydrogen (secondary N) is 1. The van der Waals surface area contributed by atoms with E-state index in [2.05, 4.69) is 16.0 Å². The third-order valence-electron chi connectivity index (χ3n) is 3.32. The van der Waals surface area contributed by atoms with Crippen LogP contribution in [-0.2, 0) is 6.54 Å². The van der Waals surface area contributed by atoms with Crippen molar-refractivity contribution in [3.63, 3.8) is 0 Å². The van der Waals surface area contributed by atoms with Crippen molar-refractivity contribution in [3.05, 3.63) is 64.2 Å². The Morgan fingerprint density at radius 2 is 1.95 bits per heavy atom. The second kappa shape index (κ2) is 4.90. The maximum atomic E-state index is 11.8. The molecule has 20 heavy (non-hydrogen) atoms. The average molecular weight is 265 g/mol. The van der Waals surface area contributed by atoms with E-state index >= 15 is 0 Å². The molecule has 0 aliphatic carbocycles. The van der Waals surface area contributed by atoms with Gasteiger partial charge in [-0.2, -0.15) is 0 Å². The van der Waals surface area contributed by atoms with Crippen molar-refractivity contribution < 1.29 is 0 Å². The monoisotopic (exact) mass is 265 g/mol. The minimum absolute atomic E-state index is 0.102. The molecule has 0 atom stereocenters. The van der Waals surface area contributed by atoms with Gasteiger partial charge in [0.2, 0.25) is 0 Å². The van der Waals surface area contributed by atoms with Crippen LogP contribution in [0.3, 0.4) is 0 Å². The van der Waals surface area contributed by atoms with E-state index in [9.17, 15) is 4.79 Å². The summed E-state index contributed by atoms with van der Waals surface area (Å²) >= 11 is 0. The van der Waals surface area contributed by atoms with Gasteiger partial charge in [-0.05, 0) is 41.8 Å². The number of rotatable bonds is 2. The fourth-order valence-corrected chi connectivity index (χ4v) is 2.31. The zero-order chi connectivity index (χ0) is 14.1. The number of H-pyrrole nitrogens is 1. The molecule has 0 aliphatic heterocycles. The number of nitrogens with two attached hydrogens (primary N) is 1. The lowest BCUT2D eigenvalue weighted by atomic mass is 10.0. The molecule has 3 N–H and O–H groups in total. The third-order valence-corrected chi connectivity index (χ3v) is 3.32. The van der Waals surface area contributed by atoms with Gasteiger partial charge < -0.3 is 10.7 Å². The van der Waals surface area contributed by atoms with Gasteiger partial charge in [-0.1, -0.05) is 24.3 Å². The summed E-state index contributed by atoms with van der Waals surface area (Å²) in [7, 11) is 0. The molecule has 100 valence electrons. The number of hydrogen-bond donors (Lipinski definition) is 2. The van der Waals surface area contributed by atoms with Crippen LogP contribution >= 0.6 is 0 Å². The summed E-state index contributed by atoms with van der Waals surface area (Å²) in [6, 6.07) is 13.7. The molecule has 0 fully saturated rings. The number of aromatic nitrogens is 2. The van der Waals surface area contributed by atoms with Crippen molar-refractivity contribution in [1.82, 2.24) is 9.97 Å². The average Bonchev–Trinajstić information content (AvgIpc) is 2.46. The Kier molecular flexibility index (Phi) is 3.08. The van der Waals surface area contributed by atoms with Gasteiger partial charge in [0.05, 0.1) is 10.9 Å². The summed E-state index contributed by atoms with van der Waals surface area (Å²) in [5, 5.41) is 0.606. The smallest absolute Gasteiger partial charge is 0.258 e. The number of aryl methyl sites for hydroxylation is 1. The van der Waals surface area contributed by atoms with E-state index in [0.717, 1.165) is 16.7 Å². The van der Waals surface area contributed by atoms with E-state index < -0.39 is 0 Å². The molecule has 1 heterocycles. The van der Waals surface area contributed by atoms with Crippen molar-refractivity contribution in [1.29, 1.82) is 0 Å². The maximum Gasteiger partial charge on any atom is 0.258 e. The van der Waals surface area contributed by atoms with Crippen LogP contribution in [0.5, 0.6) is 0 Å². The molecule has 0 saturated carbocycles. The lowest BCUT2D eigenvalue weighted by molar-refractivity contribution is 1.06. The van der Waals surface area contributed by atoms with Crippen LogP contribution in [0.4, 0.5) is 0 Å². The number of nitrogens with zero attached hydrogens (tertiary/aromatic N) is 1. The molecule has 4 nitrogen and oxygen atoms in total. The lowest BCUT2D eigenvalue weighted by Gasteiger charge is -2.06. The molecule has 0 saturated heterocycles. The third kappa shape index (κ3) is 2.21. The first-order valence-corrected chi connectivity index (χ1v) is 6.47. The minimum Gasteiger partial charge on any atom is -0.326 e. The number of aromatic amines is 1. The number of benzene rings is 2. The van der Waals surface area contributed by atoms with Gasteiger partial charge in [-0.3, -0.25) is 4.79 Å². The molecule has 4 heteroatoms. The highest BCUT2D eigenvalue weighted by Gasteiger charge is 2.05. The van der Waals surface area contributed by atoms with Crippen LogP contribution in [0.25, 0.3) is 22.0 Å². The fraction of sp³-hybridized carbons (Fsp3) is 0.125. The van der Waals surface area contributed by atoms with Gasteiger partial charge in [0, 0.05) is 6.54 Å². The molecule has 0 amide bonds. The summed E-state index contributed by atoms with van der Waals surface area (Å²) in [5.74, 6) is 0.621. The Balaban J connectivity index is 2.19. The van der Waals surface area contributed by atoms with Crippen LogP contribution in [0, 0.1) is 6.92 Å². The van der Waals surface area contributed by atoms with Gasteiger partial charge in [-0.25, -0.2) is 4.98 Å². The molecule has 3 rings (SSSR count). The second-order valence-electron chi connectivity index (χ2n) is 4.79. The maximum absolute atomic E-state index is 11.8. The Morgan fingerprint density at radius 3 is 2.75 bits per heavy atom. The van der Waals surface area contributed by atoms with Crippen molar-refractivity contribution in [2.45, 2.75) is 13.5 Å². The van der Waals surface area contributed by atoms with Crippen molar-refractivity contribution >= 4 is 10.9 Å². The van der Waals surface area contributed by atoms with Gasteiger partial charge in [-0.15, -0.1) is 0 Å². The van der Waals surface area contributed by atoms with E-state index in [1.807, 2.05) is 36.4 Å². The molecule has 0 spiro atoms. The second-order valence-corrected chi connectivity index (χ2v) is 4.79. The topological polar surface area (TPSA) is 71.8 Å². The van der Waals surface area contributed by atoms with Gasteiger partial charge in [0.25, 0.3) is 5.56 Å². The highest BCUT2D eigenvalue weighted by Crippen LogP contribution is 2.23. The standard InChI is InChI=1S/C16H15N3O/c1-10-18-15-8-13(5-6-14(15)16(20)19-10)12-4-2-3-11(7-12)9-17/h2-8H,9,17H2,1H3,(H,18,19,20). The van der Waals surface area contributed by atoms with Crippen molar-refractivity contribution in [3.8, 4) is 11.1 Å². The van der Waals surface area contributed by atoms with E-state index in [-0.39, 0.29) is 5.56 Å². The fourth-order valence-electron chi connectivity index (χ4n) is 2.31. The zero-order valence-corrected chi connectivity index (χ0v) is 11.2. The van der Waals surface area contributed by atoms with Crippen molar-refractivity contribution in [2.24, 2.45) is 5.73 Å². The summed E-state index contributed by atoms with van der Waals surface area (Å²) in [6.07, 6.45) is 0. The van der Waals surface area contributed by atoms with Crippen LogP contribution in [0.2, 0.25) is 0 Å². The largest absolute Gasteiger partial charge is 0.326 e. The molecular formula is C16H15N3O. The van der Waals surface area contributed by atoms with E-state index in [0.29, 0.717) is 23.3 Å². The van der Waals surface area contributed by atoms with Crippen molar-refractivity contribution in [2.75, 3.05) is 0 Å². The van der Waals surface area contributed by atoms with Gasteiger partial charge >= 0.3 is 0 Å². The SMILES string of the molecule is Cc1nc2cc(-c3cccc(CN)c3)ccc2c(=O)[nH]1. The van der Waals surface area contributed by atoms with Gasteiger partial charge in [0.15, 0.2) is 0 Å². The molecule has 0 unspecified atom stereocenters. The molecule has 0 bridgehead atoms. The summed E-state index contributed by atoms with van der Waals surface area (Å²) in [6.45, 7) is 2.29. The van der Waals surface area contributed by atoms with Crippen LogP contribution in [0.1, 0.15) is 11.4 Å². The highest BCUT2D eigenvalue weighted by atomic mass is 16.1. The highest BCUT2D eigenvalue weighted by molar-refractivity contribution is 5.83. The Labute approximate surface area is 116 Å². The zero-order valence-electron chi connectivity index (χ0n) is 11.2. The first kappa shape index (κ1) is 12.6. The Morgan fingerprint density at radius 1 is 1.15 bits per heavy atom. The lowest BCUT2D eigenvalue weighted by Crippen LogP contribution is -2.09. The molecule has 0 radical (unpaired) electrons. The minimum atomic E-state index is -0.102. The predicted molar refractivity (Wildman–Crippen MR) is 80.4 cm³/mol. The molecule has 2 aromatic carbocycles.